The zero-order valence-corrected chi connectivity index (χ0v) is 13.4. The minimum Gasteiger partial charge on any atom is -0.489 e. The largest absolute Gasteiger partial charge is 0.489 e. The average Bonchev–Trinajstić information content (AvgIpc) is 3.02. The van der Waals surface area contributed by atoms with Crippen molar-refractivity contribution < 1.29 is 19.4 Å². The Kier molecular flexibility index (Phi) is 5.33. The number of carboxylic acid groups (broad SMARTS) is 1. The maximum absolute atomic E-state index is 10.5. The zero-order valence-electron chi connectivity index (χ0n) is 13.4. The number of hydrogen-bond acceptors (Lipinski definition) is 4. The van der Waals surface area contributed by atoms with Gasteiger partial charge >= 0.3 is 5.97 Å². The van der Waals surface area contributed by atoms with Gasteiger partial charge in [-0.05, 0) is 36.2 Å². The number of aliphatic carboxylic acids is 1. The van der Waals surface area contributed by atoms with Gasteiger partial charge in [0, 0.05) is 19.6 Å². The second kappa shape index (κ2) is 7.84. The fourth-order valence-electron chi connectivity index (χ4n) is 2.82. The standard InChI is InChI=1S/C19H21NO4/c21-19(22)14-23-16-8-6-15(7-9-16)12-20-11-10-18(13-20)24-17-4-2-1-3-5-17/h1-9,18H,10-14H2,(H,21,22)/t18-/m1/s1. The molecule has 2 aromatic carbocycles. The van der Waals surface area contributed by atoms with Crippen LogP contribution in [-0.4, -0.2) is 41.8 Å². The summed E-state index contributed by atoms with van der Waals surface area (Å²) in [6.45, 7) is 2.46. The highest BCUT2D eigenvalue weighted by Gasteiger charge is 2.23. The molecule has 2 aromatic rings. The van der Waals surface area contributed by atoms with Crippen molar-refractivity contribution in [2.24, 2.45) is 0 Å². The van der Waals surface area contributed by atoms with E-state index in [1.807, 2.05) is 54.6 Å². The van der Waals surface area contributed by atoms with Crippen LogP contribution in [0, 0.1) is 0 Å². The molecule has 5 heteroatoms. The summed E-state index contributed by atoms with van der Waals surface area (Å²) in [4.78, 5) is 12.8. The van der Waals surface area contributed by atoms with E-state index in [0.29, 0.717) is 5.75 Å². The van der Waals surface area contributed by atoms with Crippen LogP contribution in [0.4, 0.5) is 0 Å². The van der Waals surface area contributed by atoms with Crippen molar-refractivity contribution in [3.05, 3.63) is 60.2 Å². The Bertz CT molecular complexity index is 657. The summed E-state index contributed by atoms with van der Waals surface area (Å²) < 4.78 is 11.1. The van der Waals surface area contributed by atoms with Gasteiger partial charge in [-0.3, -0.25) is 4.90 Å². The van der Waals surface area contributed by atoms with Crippen molar-refractivity contribution in [3.63, 3.8) is 0 Å². The Hall–Kier alpha value is -2.53. The highest BCUT2D eigenvalue weighted by Crippen LogP contribution is 2.20. The minimum atomic E-state index is -0.972. The molecule has 1 atom stereocenters. The van der Waals surface area contributed by atoms with E-state index in [9.17, 15) is 4.79 Å². The van der Waals surface area contributed by atoms with Gasteiger partial charge in [0.15, 0.2) is 6.61 Å². The van der Waals surface area contributed by atoms with Crippen LogP contribution in [0.1, 0.15) is 12.0 Å². The molecular weight excluding hydrogens is 306 g/mol. The quantitative estimate of drug-likeness (QED) is 0.847. The van der Waals surface area contributed by atoms with Gasteiger partial charge in [-0.2, -0.15) is 0 Å². The number of ether oxygens (including phenoxy) is 2. The van der Waals surface area contributed by atoms with Crippen LogP contribution in [-0.2, 0) is 11.3 Å². The lowest BCUT2D eigenvalue weighted by molar-refractivity contribution is -0.139. The molecular formula is C19H21NO4. The van der Waals surface area contributed by atoms with Gasteiger partial charge in [0.2, 0.25) is 0 Å². The van der Waals surface area contributed by atoms with Gasteiger partial charge in [-0.15, -0.1) is 0 Å². The molecule has 0 radical (unpaired) electrons. The van der Waals surface area contributed by atoms with E-state index in [1.54, 1.807) is 0 Å². The molecule has 0 bridgehead atoms. The summed E-state index contributed by atoms with van der Waals surface area (Å²) in [5.41, 5.74) is 1.18. The van der Waals surface area contributed by atoms with Crippen molar-refractivity contribution in [1.29, 1.82) is 0 Å². The highest BCUT2D eigenvalue weighted by molar-refractivity contribution is 5.68. The Labute approximate surface area is 141 Å². The normalized spacial score (nSPS) is 17.6. The molecule has 1 heterocycles. The molecule has 0 amide bonds. The lowest BCUT2D eigenvalue weighted by Crippen LogP contribution is -2.24. The third kappa shape index (κ3) is 4.73. The summed E-state index contributed by atoms with van der Waals surface area (Å²) >= 11 is 0. The lowest BCUT2D eigenvalue weighted by atomic mass is 10.2. The SMILES string of the molecule is O=C(O)COc1ccc(CN2CC[C@@H](Oc3ccccc3)C2)cc1. The minimum absolute atomic E-state index is 0.227. The molecule has 126 valence electrons. The number of carbonyl (C=O) groups is 1. The fourth-order valence-corrected chi connectivity index (χ4v) is 2.82. The molecule has 0 aromatic heterocycles. The molecule has 1 N–H and O–H groups in total. The lowest BCUT2D eigenvalue weighted by Gasteiger charge is -2.17. The second-order valence-electron chi connectivity index (χ2n) is 5.90. The van der Waals surface area contributed by atoms with Crippen molar-refractivity contribution in [2.75, 3.05) is 19.7 Å². The fraction of sp³-hybridized carbons (Fsp3) is 0.316. The van der Waals surface area contributed by atoms with E-state index >= 15 is 0 Å². The van der Waals surface area contributed by atoms with Gasteiger partial charge in [0.25, 0.3) is 0 Å². The van der Waals surface area contributed by atoms with E-state index in [2.05, 4.69) is 4.90 Å². The Morgan fingerprint density at radius 2 is 1.83 bits per heavy atom. The van der Waals surface area contributed by atoms with Crippen molar-refractivity contribution >= 4 is 5.97 Å². The molecule has 0 saturated carbocycles. The van der Waals surface area contributed by atoms with Crippen LogP contribution < -0.4 is 9.47 Å². The third-order valence-corrected chi connectivity index (χ3v) is 3.97. The second-order valence-corrected chi connectivity index (χ2v) is 5.90. The smallest absolute Gasteiger partial charge is 0.341 e. The maximum Gasteiger partial charge on any atom is 0.341 e. The summed E-state index contributed by atoms with van der Waals surface area (Å²) in [5, 5.41) is 8.61. The number of likely N-dealkylation sites (tertiary alicyclic amines) is 1. The number of nitrogens with zero attached hydrogens (tertiary/aromatic N) is 1. The van der Waals surface area contributed by atoms with Crippen LogP contribution in [0.3, 0.4) is 0 Å². The van der Waals surface area contributed by atoms with E-state index < -0.39 is 5.97 Å². The van der Waals surface area contributed by atoms with Gasteiger partial charge in [0.05, 0.1) is 0 Å². The van der Waals surface area contributed by atoms with Crippen molar-refractivity contribution in [1.82, 2.24) is 4.90 Å². The molecule has 0 aliphatic carbocycles. The summed E-state index contributed by atoms with van der Waals surface area (Å²) in [5.74, 6) is 0.526. The molecule has 0 spiro atoms. The topological polar surface area (TPSA) is 59.0 Å². The molecule has 24 heavy (non-hydrogen) atoms. The first kappa shape index (κ1) is 16.3. The summed E-state index contributed by atoms with van der Waals surface area (Å²) in [7, 11) is 0. The third-order valence-electron chi connectivity index (χ3n) is 3.97. The van der Waals surface area contributed by atoms with Crippen molar-refractivity contribution in [3.8, 4) is 11.5 Å². The molecule has 1 aliphatic rings. The van der Waals surface area contributed by atoms with E-state index in [4.69, 9.17) is 14.6 Å². The molecule has 1 fully saturated rings. The van der Waals surface area contributed by atoms with Gasteiger partial charge in [0.1, 0.15) is 17.6 Å². The molecule has 0 unspecified atom stereocenters. The van der Waals surface area contributed by atoms with Gasteiger partial charge in [-0.1, -0.05) is 30.3 Å². The summed E-state index contributed by atoms with van der Waals surface area (Å²) in [6.07, 6.45) is 1.25. The first-order valence-electron chi connectivity index (χ1n) is 8.06. The van der Waals surface area contributed by atoms with Crippen LogP contribution in [0.15, 0.2) is 54.6 Å². The van der Waals surface area contributed by atoms with E-state index in [-0.39, 0.29) is 12.7 Å². The number of para-hydroxylation sites is 1. The van der Waals surface area contributed by atoms with E-state index in [1.165, 1.54) is 5.56 Å². The first-order valence-corrected chi connectivity index (χ1v) is 8.06. The monoisotopic (exact) mass is 327 g/mol. The Morgan fingerprint density at radius 3 is 2.54 bits per heavy atom. The molecule has 3 rings (SSSR count). The number of carboxylic acids is 1. The molecule has 5 nitrogen and oxygen atoms in total. The number of rotatable bonds is 7. The van der Waals surface area contributed by atoms with Gasteiger partial charge < -0.3 is 14.6 Å². The Balaban J connectivity index is 1.47. The zero-order chi connectivity index (χ0) is 16.8. The molecule has 1 aliphatic heterocycles. The highest BCUT2D eigenvalue weighted by atomic mass is 16.5. The first-order chi connectivity index (χ1) is 11.7. The average molecular weight is 327 g/mol. The van der Waals surface area contributed by atoms with E-state index in [0.717, 1.165) is 31.8 Å². The maximum atomic E-state index is 10.5. The number of benzene rings is 2. The van der Waals surface area contributed by atoms with Gasteiger partial charge in [-0.25, -0.2) is 4.79 Å². The Morgan fingerprint density at radius 1 is 1.08 bits per heavy atom. The van der Waals surface area contributed by atoms with Crippen LogP contribution >= 0.6 is 0 Å². The van der Waals surface area contributed by atoms with Crippen LogP contribution in [0.25, 0.3) is 0 Å². The number of hydrogen-bond donors (Lipinski definition) is 1. The van der Waals surface area contributed by atoms with Crippen molar-refractivity contribution in [2.45, 2.75) is 19.1 Å². The predicted molar refractivity (Wildman–Crippen MR) is 90.3 cm³/mol. The summed E-state index contributed by atoms with van der Waals surface area (Å²) in [6, 6.07) is 17.5. The molecule has 1 saturated heterocycles. The van der Waals surface area contributed by atoms with Crippen LogP contribution in [0.5, 0.6) is 11.5 Å². The predicted octanol–water partition coefficient (Wildman–Crippen LogP) is 2.80. The van der Waals surface area contributed by atoms with Crippen LogP contribution in [0.2, 0.25) is 0 Å².